The van der Waals surface area contributed by atoms with Crippen LogP contribution in [0.2, 0.25) is 5.02 Å². The van der Waals surface area contributed by atoms with Crippen molar-refractivity contribution < 1.29 is 36.2 Å². The van der Waals surface area contributed by atoms with Crippen molar-refractivity contribution in [2.24, 2.45) is 0 Å². The Balaban J connectivity index is 2.67. The molecule has 2 aromatic carbocycles. The molecule has 0 spiro atoms. The molecule has 0 fully saturated rings. The maximum atomic E-state index is 13.0. The lowest BCUT2D eigenvalue weighted by molar-refractivity contribution is -0.392. The number of rotatable bonds is 4. The average molecular weight is 430 g/mol. The summed E-state index contributed by atoms with van der Waals surface area (Å²) >= 11 is 5.45. The third-order valence-corrected chi connectivity index (χ3v) is 3.77. The number of anilines is 2. The van der Waals surface area contributed by atoms with Crippen molar-refractivity contribution in [1.29, 1.82) is 0 Å². The Morgan fingerprint density at radius 2 is 1.43 bits per heavy atom. The summed E-state index contributed by atoms with van der Waals surface area (Å²) in [6.07, 6.45) is -9.91. The number of benzene rings is 2. The van der Waals surface area contributed by atoms with Gasteiger partial charge in [-0.05, 0) is 24.3 Å². The molecule has 0 saturated heterocycles. The molecule has 0 unspecified atom stereocenters. The van der Waals surface area contributed by atoms with Gasteiger partial charge in [-0.2, -0.15) is 26.3 Å². The lowest BCUT2D eigenvalue weighted by Gasteiger charge is -2.14. The zero-order chi connectivity index (χ0) is 21.4. The molecule has 14 heteroatoms. The largest absolute Gasteiger partial charge is 0.418 e. The van der Waals surface area contributed by atoms with E-state index in [9.17, 15) is 46.6 Å². The third kappa shape index (κ3) is 4.24. The standard InChI is InChI=1S/C14H6ClF6N3O4/c15-10-8(14(19,20)21)5-9(23(25)26)11(12(10)24(27)28)22-7-3-1-6(2-4-7)13(16,17)18/h1-5,22H. The van der Waals surface area contributed by atoms with Crippen LogP contribution in [0.15, 0.2) is 30.3 Å². The van der Waals surface area contributed by atoms with Gasteiger partial charge in [-0.3, -0.25) is 20.2 Å². The number of hydrogen-bond acceptors (Lipinski definition) is 5. The first-order valence-corrected chi connectivity index (χ1v) is 7.28. The van der Waals surface area contributed by atoms with Crippen LogP contribution in [-0.2, 0) is 12.4 Å². The number of nitro benzene ring substituents is 2. The summed E-state index contributed by atoms with van der Waals surface area (Å²) in [5, 5.41) is 23.1. The van der Waals surface area contributed by atoms with Crippen LogP contribution >= 0.6 is 11.6 Å². The Hall–Kier alpha value is -3.09. The average Bonchev–Trinajstić information content (AvgIpc) is 2.52. The molecule has 0 aromatic heterocycles. The van der Waals surface area contributed by atoms with Gasteiger partial charge in [-0.15, -0.1) is 0 Å². The molecule has 1 N–H and O–H groups in total. The smallest absolute Gasteiger partial charge is 0.344 e. The second-order valence-electron chi connectivity index (χ2n) is 5.19. The molecule has 150 valence electrons. The Kier molecular flexibility index (Phi) is 5.41. The van der Waals surface area contributed by atoms with E-state index in [0.29, 0.717) is 12.1 Å². The molecule has 7 nitrogen and oxygen atoms in total. The number of halogens is 7. The maximum Gasteiger partial charge on any atom is 0.418 e. The normalized spacial score (nSPS) is 12.0. The van der Waals surface area contributed by atoms with Crippen molar-refractivity contribution >= 4 is 34.4 Å². The van der Waals surface area contributed by atoms with Crippen LogP contribution in [0.25, 0.3) is 0 Å². The molecular weight excluding hydrogens is 424 g/mol. The van der Waals surface area contributed by atoms with E-state index in [-0.39, 0.29) is 11.8 Å². The third-order valence-electron chi connectivity index (χ3n) is 3.38. The molecule has 0 atom stereocenters. The summed E-state index contributed by atoms with van der Waals surface area (Å²) in [6.45, 7) is 0. The lowest BCUT2D eigenvalue weighted by atomic mass is 10.1. The van der Waals surface area contributed by atoms with E-state index in [1.54, 1.807) is 0 Å². The van der Waals surface area contributed by atoms with Crippen LogP contribution in [0.3, 0.4) is 0 Å². The van der Waals surface area contributed by atoms with E-state index in [0.717, 1.165) is 12.1 Å². The van der Waals surface area contributed by atoms with Gasteiger partial charge in [-0.1, -0.05) is 11.6 Å². The predicted molar refractivity (Wildman–Crippen MR) is 84.5 cm³/mol. The van der Waals surface area contributed by atoms with E-state index in [1.807, 2.05) is 0 Å². The predicted octanol–water partition coefficient (Wildman–Crippen LogP) is 5.94. The summed E-state index contributed by atoms with van der Waals surface area (Å²) in [5.74, 6) is 0. The minimum Gasteiger partial charge on any atom is -0.344 e. The van der Waals surface area contributed by atoms with Crippen LogP contribution in [0.5, 0.6) is 0 Å². The van der Waals surface area contributed by atoms with Gasteiger partial charge < -0.3 is 5.32 Å². The van der Waals surface area contributed by atoms with Gasteiger partial charge in [0, 0.05) is 11.8 Å². The number of nitrogens with one attached hydrogen (secondary N) is 1. The molecule has 0 saturated carbocycles. The fourth-order valence-electron chi connectivity index (χ4n) is 2.16. The Bertz CT molecular complexity index is 944. The molecule has 2 aromatic rings. The molecule has 0 bridgehead atoms. The highest BCUT2D eigenvalue weighted by Crippen LogP contribution is 2.48. The molecule has 0 amide bonds. The minimum absolute atomic E-state index is 0.00174. The first-order valence-electron chi connectivity index (χ1n) is 6.90. The highest BCUT2D eigenvalue weighted by molar-refractivity contribution is 6.34. The SMILES string of the molecule is O=[N+]([O-])c1cc(C(F)(F)F)c(Cl)c([N+](=O)[O-])c1Nc1ccc(C(F)(F)F)cc1. The summed E-state index contributed by atoms with van der Waals surface area (Å²) in [5.41, 5.74) is -6.94. The van der Waals surface area contributed by atoms with Crippen molar-refractivity contribution in [2.75, 3.05) is 5.32 Å². The molecular formula is C14H6ClF6N3O4. The van der Waals surface area contributed by atoms with Gasteiger partial charge in [0.05, 0.1) is 21.0 Å². The lowest BCUT2D eigenvalue weighted by Crippen LogP contribution is -2.11. The van der Waals surface area contributed by atoms with E-state index in [4.69, 9.17) is 11.6 Å². The van der Waals surface area contributed by atoms with E-state index in [1.165, 1.54) is 0 Å². The zero-order valence-electron chi connectivity index (χ0n) is 13.1. The Morgan fingerprint density at radius 1 is 0.893 bits per heavy atom. The van der Waals surface area contributed by atoms with E-state index >= 15 is 0 Å². The molecule has 0 heterocycles. The molecule has 2 rings (SSSR count). The first-order chi connectivity index (χ1) is 12.7. The summed E-state index contributed by atoms with van der Waals surface area (Å²) in [6, 6.07) is 2.74. The number of alkyl halides is 6. The number of hydrogen-bond donors (Lipinski definition) is 1. The Labute approximate surface area is 155 Å². The van der Waals surface area contributed by atoms with Crippen LogP contribution in [-0.4, -0.2) is 9.85 Å². The molecule has 0 aliphatic heterocycles. The van der Waals surface area contributed by atoms with Gasteiger partial charge in [0.25, 0.3) is 0 Å². The molecule has 0 radical (unpaired) electrons. The van der Waals surface area contributed by atoms with Crippen LogP contribution < -0.4 is 5.32 Å². The number of nitrogens with zero attached hydrogens (tertiary/aromatic N) is 2. The fraction of sp³-hybridized carbons (Fsp3) is 0.143. The van der Waals surface area contributed by atoms with Gasteiger partial charge >= 0.3 is 23.7 Å². The summed E-state index contributed by atoms with van der Waals surface area (Å²) in [4.78, 5) is 19.7. The fourth-order valence-corrected chi connectivity index (χ4v) is 2.49. The zero-order valence-corrected chi connectivity index (χ0v) is 13.8. The van der Waals surface area contributed by atoms with Crippen molar-refractivity contribution in [3.63, 3.8) is 0 Å². The van der Waals surface area contributed by atoms with Crippen LogP contribution in [0, 0.1) is 20.2 Å². The van der Waals surface area contributed by atoms with Gasteiger partial charge in [0.2, 0.25) is 0 Å². The highest BCUT2D eigenvalue weighted by Gasteiger charge is 2.42. The van der Waals surface area contributed by atoms with Crippen molar-refractivity contribution in [3.8, 4) is 0 Å². The molecule has 0 aliphatic rings. The van der Waals surface area contributed by atoms with Gasteiger partial charge in [0.15, 0.2) is 5.69 Å². The second kappa shape index (κ2) is 7.14. The summed E-state index contributed by atoms with van der Waals surface area (Å²) in [7, 11) is 0. The van der Waals surface area contributed by atoms with Gasteiger partial charge in [-0.25, -0.2) is 0 Å². The monoisotopic (exact) mass is 429 g/mol. The minimum atomic E-state index is -5.22. The molecule has 0 aliphatic carbocycles. The summed E-state index contributed by atoms with van der Waals surface area (Å²) < 4.78 is 76.7. The second-order valence-corrected chi connectivity index (χ2v) is 5.57. The van der Waals surface area contributed by atoms with E-state index < -0.39 is 55.4 Å². The van der Waals surface area contributed by atoms with Crippen molar-refractivity contribution in [2.45, 2.75) is 12.4 Å². The van der Waals surface area contributed by atoms with Crippen LogP contribution in [0.1, 0.15) is 11.1 Å². The van der Waals surface area contributed by atoms with Crippen molar-refractivity contribution in [1.82, 2.24) is 0 Å². The quantitative estimate of drug-likeness (QED) is 0.368. The highest BCUT2D eigenvalue weighted by atomic mass is 35.5. The first kappa shape index (κ1) is 21.2. The van der Waals surface area contributed by atoms with Crippen molar-refractivity contribution in [3.05, 3.63) is 66.7 Å². The Morgan fingerprint density at radius 3 is 1.82 bits per heavy atom. The van der Waals surface area contributed by atoms with Crippen LogP contribution in [0.4, 0.5) is 49.1 Å². The van der Waals surface area contributed by atoms with Gasteiger partial charge in [0.1, 0.15) is 5.02 Å². The topological polar surface area (TPSA) is 98.3 Å². The number of nitro groups is 2. The maximum absolute atomic E-state index is 13.0. The molecule has 28 heavy (non-hydrogen) atoms. The van der Waals surface area contributed by atoms with E-state index in [2.05, 4.69) is 5.32 Å².